The van der Waals surface area contributed by atoms with Gasteiger partial charge in [-0.1, -0.05) is 60.7 Å². The minimum absolute atomic E-state index is 0.123. The second-order valence-corrected chi connectivity index (χ2v) is 9.27. The van der Waals surface area contributed by atoms with Crippen LogP contribution in [0.4, 0.5) is 4.79 Å². The first-order chi connectivity index (χ1) is 15.3. The number of hydrogen-bond donors (Lipinski definition) is 0. The lowest BCUT2D eigenvalue weighted by atomic mass is 9.95. The van der Waals surface area contributed by atoms with E-state index in [0.717, 1.165) is 19.5 Å². The highest BCUT2D eigenvalue weighted by Gasteiger charge is 2.40. The van der Waals surface area contributed by atoms with Crippen LogP contribution in [0.3, 0.4) is 0 Å². The van der Waals surface area contributed by atoms with Crippen molar-refractivity contribution in [3.8, 4) is 0 Å². The SMILES string of the molecule is COC(=O)[C@H]1C[C@@H](N(Cc2ccccc2)Cc2ccccc2)CCN1C(=O)OC(C)(C)C. The van der Waals surface area contributed by atoms with Gasteiger partial charge in [-0.3, -0.25) is 9.80 Å². The number of carbonyl (C=O) groups is 2. The number of piperidine rings is 1. The average molecular weight is 439 g/mol. The zero-order valence-corrected chi connectivity index (χ0v) is 19.5. The topological polar surface area (TPSA) is 59.1 Å². The van der Waals surface area contributed by atoms with Crippen LogP contribution in [-0.4, -0.2) is 53.2 Å². The van der Waals surface area contributed by atoms with Gasteiger partial charge in [0.25, 0.3) is 0 Å². The molecule has 0 radical (unpaired) electrons. The van der Waals surface area contributed by atoms with E-state index in [-0.39, 0.29) is 6.04 Å². The Morgan fingerprint density at radius 2 is 1.50 bits per heavy atom. The number of nitrogens with zero attached hydrogens (tertiary/aromatic N) is 2. The molecule has 1 aliphatic heterocycles. The predicted octanol–water partition coefficient (Wildman–Crippen LogP) is 4.63. The van der Waals surface area contributed by atoms with Crippen molar-refractivity contribution in [2.75, 3.05) is 13.7 Å². The largest absolute Gasteiger partial charge is 0.467 e. The normalized spacial score (nSPS) is 19.0. The maximum absolute atomic E-state index is 12.8. The number of methoxy groups -OCH3 is 1. The van der Waals surface area contributed by atoms with E-state index in [2.05, 4.69) is 29.2 Å². The Morgan fingerprint density at radius 3 is 1.97 bits per heavy atom. The summed E-state index contributed by atoms with van der Waals surface area (Å²) in [6, 6.07) is 20.1. The summed E-state index contributed by atoms with van der Waals surface area (Å²) in [5.41, 5.74) is 1.81. The van der Waals surface area contributed by atoms with Crippen molar-refractivity contribution in [2.45, 2.75) is 64.4 Å². The number of esters is 1. The van der Waals surface area contributed by atoms with Crippen LogP contribution in [0.15, 0.2) is 60.7 Å². The summed E-state index contributed by atoms with van der Waals surface area (Å²) >= 11 is 0. The molecule has 0 unspecified atom stereocenters. The van der Waals surface area contributed by atoms with Crippen LogP contribution >= 0.6 is 0 Å². The van der Waals surface area contributed by atoms with Gasteiger partial charge in [0.05, 0.1) is 7.11 Å². The van der Waals surface area contributed by atoms with Crippen molar-refractivity contribution in [1.29, 1.82) is 0 Å². The molecule has 1 amide bonds. The van der Waals surface area contributed by atoms with Crippen LogP contribution in [-0.2, 0) is 27.4 Å². The quantitative estimate of drug-likeness (QED) is 0.616. The Labute approximate surface area is 191 Å². The minimum atomic E-state index is -0.664. The molecular weight excluding hydrogens is 404 g/mol. The maximum Gasteiger partial charge on any atom is 0.411 e. The van der Waals surface area contributed by atoms with Crippen molar-refractivity contribution in [3.63, 3.8) is 0 Å². The van der Waals surface area contributed by atoms with E-state index >= 15 is 0 Å². The van der Waals surface area contributed by atoms with E-state index in [1.807, 2.05) is 57.2 Å². The molecule has 0 spiro atoms. The van der Waals surface area contributed by atoms with Gasteiger partial charge in [0, 0.05) is 25.7 Å². The number of carbonyl (C=O) groups excluding carboxylic acids is 2. The number of rotatable bonds is 6. The fraction of sp³-hybridized carbons (Fsp3) is 0.462. The number of hydrogen-bond acceptors (Lipinski definition) is 5. The number of likely N-dealkylation sites (tertiary alicyclic amines) is 1. The summed E-state index contributed by atoms with van der Waals surface area (Å²) in [5, 5.41) is 0. The highest BCUT2D eigenvalue weighted by molar-refractivity contribution is 5.81. The fourth-order valence-electron chi connectivity index (χ4n) is 4.13. The molecule has 6 nitrogen and oxygen atoms in total. The van der Waals surface area contributed by atoms with Crippen LogP contribution in [0.25, 0.3) is 0 Å². The smallest absolute Gasteiger partial charge is 0.411 e. The fourth-order valence-corrected chi connectivity index (χ4v) is 4.13. The number of ether oxygens (including phenoxy) is 2. The van der Waals surface area contributed by atoms with Gasteiger partial charge >= 0.3 is 12.1 Å². The Bertz CT molecular complexity index is 838. The average Bonchev–Trinajstić information content (AvgIpc) is 2.78. The van der Waals surface area contributed by atoms with Crippen LogP contribution in [0, 0.1) is 0 Å². The van der Waals surface area contributed by atoms with E-state index in [1.165, 1.54) is 23.1 Å². The van der Waals surface area contributed by atoms with Crippen LogP contribution in [0.5, 0.6) is 0 Å². The molecule has 3 rings (SSSR count). The molecule has 0 saturated carbocycles. The summed E-state index contributed by atoms with van der Waals surface area (Å²) < 4.78 is 10.6. The van der Waals surface area contributed by atoms with Crippen LogP contribution < -0.4 is 0 Å². The van der Waals surface area contributed by atoms with Gasteiger partial charge in [-0.05, 0) is 44.7 Å². The van der Waals surface area contributed by atoms with Gasteiger partial charge in [-0.2, -0.15) is 0 Å². The van der Waals surface area contributed by atoms with Crippen LogP contribution in [0.1, 0.15) is 44.7 Å². The van der Waals surface area contributed by atoms with Gasteiger partial charge in [0.2, 0.25) is 0 Å². The molecule has 172 valence electrons. The molecule has 0 aliphatic carbocycles. The third-order valence-corrected chi connectivity index (χ3v) is 5.65. The van der Waals surface area contributed by atoms with Gasteiger partial charge in [0.15, 0.2) is 0 Å². The van der Waals surface area contributed by atoms with Gasteiger partial charge < -0.3 is 9.47 Å². The number of amides is 1. The standard InChI is InChI=1S/C26H34N2O4/c1-26(2,3)32-25(30)28-16-15-22(17-23(28)24(29)31-4)27(18-20-11-7-5-8-12-20)19-21-13-9-6-10-14-21/h5-14,22-23H,15-19H2,1-4H3/t22-,23+/m0/s1. The predicted molar refractivity (Wildman–Crippen MR) is 124 cm³/mol. The second kappa shape index (κ2) is 10.6. The van der Waals surface area contributed by atoms with Gasteiger partial charge in [-0.15, -0.1) is 0 Å². The lowest BCUT2D eigenvalue weighted by molar-refractivity contribution is -0.149. The molecule has 2 atom stereocenters. The van der Waals surface area contributed by atoms with Crippen LogP contribution in [0.2, 0.25) is 0 Å². The zero-order chi connectivity index (χ0) is 23.1. The third-order valence-electron chi connectivity index (χ3n) is 5.65. The summed E-state index contributed by atoms with van der Waals surface area (Å²) in [4.78, 5) is 29.3. The molecule has 1 saturated heterocycles. The molecule has 0 aromatic heterocycles. The van der Waals surface area contributed by atoms with Crippen molar-refractivity contribution < 1.29 is 19.1 Å². The molecule has 1 fully saturated rings. The first-order valence-electron chi connectivity index (χ1n) is 11.2. The van der Waals surface area contributed by atoms with Crippen molar-refractivity contribution in [3.05, 3.63) is 71.8 Å². The summed E-state index contributed by atoms with van der Waals surface area (Å²) in [6.45, 7) is 7.45. The van der Waals surface area contributed by atoms with E-state index in [1.54, 1.807) is 0 Å². The molecule has 1 aliphatic rings. The summed E-state index contributed by atoms with van der Waals surface area (Å²) in [7, 11) is 1.37. The molecular formula is C26H34N2O4. The zero-order valence-electron chi connectivity index (χ0n) is 19.5. The lowest BCUT2D eigenvalue weighted by Crippen LogP contribution is -2.55. The first kappa shape index (κ1) is 23.8. The maximum atomic E-state index is 12.8. The summed E-state index contributed by atoms with van der Waals surface area (Å²) in [5.74, 6) is -0.403. The van der Waals surface area contributed by atoms with Gasteiger partial charge in [-0.25, -0.2) is 9.59 Å². The molecule has 32 heavy (non-hydrogen) atoms. The summed E-state index contributed by atoms with van der Waals surface area (Å²) in [6.07, 6.45) is 0.793. The van der Waals surface area contributed by atoms with Crippen molar-refractivity contribution in [2.24, 2.45) is 0 Å². The van der Waals surface area contributed by atoms with Gasteiger partial charge in [0.1, 0.15) is 11.6 Å². The molecule has 6 heteroatoms. The molecule has 2 aromatic carbocycles. The van der Waals surface area contributed by atoms with E-state index in [4.69, 9.17) is 9.47 Å². The van der Waals surface area contributed by atoms with Crippen molar-refractivity contribution in [1.82, 2.24) is 9.80 Å². The number of benzene rings is 2. The monoisotopic (exact) mass is 438 g/mol. The molecule has 2 aromatic rings. The Balaban J connectivity index is 1.81. The molecule has 0 N–H and O–H groups in total. The van der Waals surface area contributed by atoms with E-state index in [9.17, 15) is 9.59 Å². The highest BCUT2D eigenvalue weighted by Crippen LogP contribution is 2.27. The Hall–Kier alpha value is -2.86. The second-order valence-electron chi connectivity index (χ2n) is 9.27. The Kier molecular flexibility index (Phi) is 7.91. The van der Waals surface area contributed by atoms with E-state index in [0.29, 0.717) is 13.0 Å². The molecule has 1 heterocycles. The van der Waals surface area contributed by atoms with E-state index < -0.39 is 23.7 Å². The first-order valence-corrected chi connectivity index (χ1v) is 11.2. The molecule has 0 bridgehead atoms. The third kappa shape index (κ3) is 6.57. The highest BCUT2D eigenvalue weighted by atomic mass is 16.6. The van der Waals surface area contributed by atoms with Crippen molar-refractivity contribution >= 4 is 12.1 Å². The minimum Gasteiger partial charge on any atom is -0.467 e. The Morgan fingerprint density at radius 1 is 0.969 bits per heavy atom. The lowest BCUT2D eigenvalue weighted by Gasteiger charge is -2.42.